The Labute approximate surface area is 92.1 Å². The average molecular weight is 210 g/mol. The summed E-state index contributed by atoms with van der Waals surface area (Å²) >= 11 is 0. The van der Waals surface area contributed by atoms with E-state index in [-0.39, 0.29) is 10.8 Å². The van der Waals surface area contributed by atoms with Crippen molar-refractivity contribution in [3.8, 4) is 0 Å². The van der Waals surface area contributed by atoms with E-state index in [0.717, 1.165) is 32.1 Å². The number of rotatable bonds is 1. The van der Waals surface area contributed by atoms with Crippen molar-refractivity contribution < 1.29 is 9.90 Å². The van der Waals surface area contributed by atoms with E-state index >= 15 is 0 Å². The number of carbonyl (C=O) groups is 1. The predicted octanol–water partition coefficient (Wildman–Crippen LogP) is 3.46. The van der Waals surface area contributed by atoms with Gasteiger partial charge in [0.15, 0.2) is 0 Å². The topological polar surface area (TPSA) is 37.3 Å². The summed E-state index contributed by atoms with van der Waals surface area (Å²) in [5.74, 6) is -0.120. The van der Waals surface area contributed by atoms with Gasteiger partial charge in [-0.2, -0.15) is 0 Å². The fraction of sp³-hybridized carbons (Fsp3) is 0.923. The van der Waals surface area contributed by atoms with Crippen LogP contribution in [0.2, 0.25) is 0 Å². The molecule has 86 valence electrons. The van der Waals surface area contributed by atoms with E-state index in [4.69, 9.17) is 0 Å². The Kier molecular flexibility index (Phi) is 2.56. The van der Waals surface area contributed by atoms with Crippen LogP contribution in [0.1, 0.15) is 58.8 Å². The Morgan fingerprint density at radius 2 is 1.80 bits per heavy atom. The quantitative estimate of drug-likeness (QED) is 0.719. The number of aliphatic carboxylic acids is 1. The van der Waals surface area contributed by atoms with Gasteiger partial charge >= 0.3 is 5.97 Å². The summed E-state index contributed by atoms with van der Waals surface area (Å²) in [4.78, 5) is 11.6. The first-order chi connectivity index (χ1) is 6.99. The van der Waals surface area contributed by atoms with Gasteiger partial charge in [0.05, 0.1) is 5.41 Å². The average Bonchev–Trinajstić information content (AvgIpc) is 2.17. The van der Waals surface area contributed by atoms with E-state index < -0.39 is 5.97 Å². The summed E-state index contributed by atoms with van der Waals surface area (Å²) in [5.41, 5.74) is -0.142. The zero-order valence-electron chi connectivity index (χ0n) is 9.88. The first kappa shape index (κ1) is 11.0. The van der Waals surface area contributed by atoms with E-state index in [0.29, 0.717) is 5.92 Å². The standard InChI is InChI=1S/C13H22O2/c1-12(2)7-5-9-13(11(14)15)8-4-3-6-10(12)13/h10H,3-9H2,1-2H3,(H,14,15). The number of fused-ring (bicyclic) bond motifs is 1. The van der Waals surface area contributed by atoms with Crippen LogP contribution in [0.4, 0.5) is 0 Å². The molecule has 2 nitrogen and oxygen atoms in total. The Bertz CT molecular complexity index is 266. The van der Waals surface area contributed by atoms with Crippen molar-refractivity contribution in [2.24, 2.45) is 16.7 Å². The normalized spacial score (nSPS) is 39.5. The van der Waals surface area contributed by atoms with Gasteiger partial charge in [-0.05, 0) is 37.0 Å². The van der Waals surface area contributed by atoms with Crippen LogP contribution in [-0.2, 0) is 4.79 Å². The van der Waals surface area contributed by atoms with Gasteiger partial charge in [0.1, 0.15) is 0 Å². The summed E-state index contributed by atoms with van der Waals surface area (Å²) < 4.78 is 0. The van der Waals surface area contributed by atoms with Gasteiger partial charge in [-0.25, -0.2) is 0 Å². The maximum Gasteiger partial charge on any atom is 0.309 e. The third-order valence-corrected chi connectivity index (χ3v) is 4.85. The summed E-state index contributed by atoms with van der Waals surface area (Å²) in [5, 5.41) is 9.56. The Hall–Kier alpha value is -0.530. The van der Waals surface area contributed by atoms with E-state index in [9.17, 15) is 9.90 Å². The van der Waals surface area contributed by atoms with Crippen molar-refractivity contribution in [1.82, 2.24) is 0 Å². The molecule has 0 saturated heterocycles. The lowest BCUT2D eigenvalue weighted by Gasteiger charge is -2.52. The van der Waals surface area contributed by atoms with Gasteiger partial charge < -0.3 is 5.11 Å². The molecule has 2 aliphatic rings. The summed E-state index contributed by atoms with van der Waals surface area (Å²) in [6, 6.07) is 0. The molecule has 2 heteroatoms. The van der Waals surface area contributed by atoms with Gasteiger partial charge in [0, 0.05) is 0 Å². The molecule has 15 heavy (non-hydrogen) atoms. The first-order valence-corrected chi connectivity index (χ1v) is 6.22. The molecule has 0 aliphatic heterocycles. The Morgan fingerprint density at radius 3 is 2.40 bits per heavy atom. The highest BCUT2D eigenvalue weighted by Crippen LogP contribution is 2.57. The molecule has 0 aromatic rings. The molecular weight excluding hydrogens is 188 g/mol. The summed E-state index contributed by atoms with van der Waals surface area (Å²) in [7, 11) is 0. The van der Waals surface area contributed by atoms with Gasteiger partial charge in [-0.1, -0.05) is 33.1 Å². The molecule has 0 spiro atoms. The van der Waals surface area contributed by atoms with Crippen molar-refractivity contribution in [3.05, 3.63) is 0 Å². The van der Waals surface area contributed by atoms with Crippen molar-refractivity contribution in [3.63, 3.8) is 0 Å². The van der Waals surface area contributed by atoms with Crippen molar-refractivity contribution >= 4 is 5.97 Å². The fourth-order valence-electron chi connectivity index (χ4n) is 4.07. The smallest absolute Gasteiger partial charge is 0.309 e. The molecule has 2 unspecified atom stereocenters. The summed E-state index contributed by atoms with van der Waals surface area (Å²) in [6.45, 7) is 4.53. The lowest BCUT2D eigenvalue weighted by Crippen LogP contribution is -2.50. The number of hydrogen-bond donors (Lipinski definition) is 1. The lowest BCUT2D eigenvalue weighted by atomic mass is 9.51. The minimum absolute atomic E-state index is 0.233. The van der Waals surface area contributed by atoms with Gasteiger partial charge in [-0.3, -0.25) is 4.79 Å². The molecular formula is C13H22O2. The predicted molar refractivity (Wildman–Crippen MR) is 59.7 cm³/mol. The molecule has 1 N–H and O–H groups in total. The molecule has 0 radical (unpaired) electrons. The molecule has 0 aromatic heterocycles. The molecule has 0 aromatic carbocycles. The van der Waals surface area contributed by atoms with Gasteiger partial charge in [0.25, 0.3) is 0 Å². The SMILES string of the molecule is CC1(C)CCCC2(C(=O)O)CCCCC12. The van der Waals surface area contributed by atoms with Crippen LogP contribution < -0.4 is 0 Å². The molecule has 2 atom stereocenters. The van der Waals surface area contributed by atoms with Gasteiger partial charge in [0.2, 0.25) is 0 Å². The molecule has 0 heterocycles. The van der Waals surface area contributed by atoms with Crippen molar-refractivity contribution in [2.45, 2.75) is 58.8 Å². The van der Waals surface area contributed by atoms with Crippen LogP contribution in [0.25, 0.3) is 0 Å². The monoisotopic (exact) mass is 210 g/mol. The zero-order valence-corrected chi connectivity index (χ0v) is 9.88. The van der Waals surface area contributed by atoms with Crippen molar-refractivity contribution in [2.75, 3.05) is 0 Å². The van der Waals surface area contributed by atoms with E-state index in [1.165, 1.54) is 12.8 Å². The highest BCUT2D eigenvalue weighted by atomic mass is 16.4. The molecule has 2 saturated carbocycles. The van der Waals surface area contributed by atoms with Crippen LogP contribution in [0, 0.1) is 16.7 Å². The molecule has 0 bridgehead atoms. The molecule has 2 aliphatic carbocycles. The third-order valence-electron chi connectivity index (χ3n) is 4.85. The van der Waals surface area contributed by atoms with Crippen LogP contribution in [0.3, 0.4) is 0 Å². The second kappa shape index (κ2) is 3.50. The van der Waals surface area contributed by atoms with E-state index in [2.05, 4.69) is 13.8 Å². The first-order valence-electron chi connectivity index (χ1n) is 6.22. The van der Waals surface area contributed by atoms with Crippen LogP contribution in [0.15, 0.2) is 0 Å². The number of carboxylic acid groups (broad SMARTS) is 1. The third kappa shape index (κ3) is 1.58. The van der Waals surface area contributed by atoms with Crippen molar-refractivity contribution in [1.29, 1.82) is 0 Å². The largest absolute Gasteiger partial charge is 0.481 e. The fourth-order valence-corrected chi connectivity index (χ4v) is 4.07. The molecule has 0 amide bonds. The minimum atomic E-state index is -0.528. The maximum atomic E-state index is 11.6. The van der Waals surface area contributed by atoms with E-state index in [1.54, 1.807) is 0 Å². The van der Waals surface area contributed by atoms with E-state index in [1.807, 2.05) is 0 Å². The Balaban J connectivity index is 2.34. The number of carboxylic acids is 1. The maximum absolute atomic E-state index is 11.6. The molecule has 2 fully saturated rings. The Morgan fingerprint density at radius 1 is 1.13 bits per heavy atom. The van der Waals surface area contributed by atoms with Gasteiger partial charge in [-0.15, -0.1) is 0 Å². The highest BCUT2D eigenvalue weighted by molar-refractivity contribution is 5.75. The second-order valence-corrected chi connectivity index (χ2v) is 6.10. The zero-order chi connectivity index (χ0) is 11.1. The lowest BCUT2D eigenvalue weighted by molar-refractivity contribution is -0.165. The molecule has 2 rings (SSSR count). The second-order valence-electron chi connectivity index (χ2n) is 6.10. The minimum Gasteiger partial charge on any atom is -0.481 e. The number of hydrogen-bond acceptors (Lipinski definition) is 1. The summed E-state index contributed by atoms with van der Waals surface area (Å²) in [6.07, 6.45) is 7.58. The van der Waals surface area contributed by atoms with Crippen LogP contribution in [0.5, 0.6) is 0 Å². The van der Waals surface area contributed by atoms with Crippen LogP contribution in [-0.4, -0.2) is 11.1 Å². The highest BCUT2D eigenvalue weighted by Gasteiger charge is 2.54. The van der Waals surface area contributed by atoms with Crippen LogP contribution >= 0.6 is 0 Å².